The molecule has 0 spiro atoms. The summed E-state index contributed by atoms with van der Waals surface area (Å²) in [7, 11) is 2.16. The van der Waals surface area contributed by atoms with E-state index in [1.54, 1.807) is 0 Å². The summed E-state index contributed by atoms with van der Waals surface area (Å²) in [5.41, 5.74) is 0. The zero-order valence-electron chi connectivity index (χ0n) is 15.3. The third-order valence-electron chi connectivity index (χ3n) is 5.64. The Morgan fingerprint density at radius 1 is 1.14 bits per heavy atom. The highest BCUT2D eigenvalue weighted by atomic mass is 15.2. The van der Waals surface area contributed by atoms with Crippen LogP contribution in [0.3, 0.4) is 0 Å². The van der Waals surface area contributed by atoms with E-state index in [1.807, 2.05) is 0 Å². The number of rotatable bonds is 10. The third kappa shape index (κ3) is 6.28. The molecule has 0 amide bonds. The zero-order chi connectivity index (χ0) is 15.7. The summed E-state index contributed by atoms with van der Waals surface area (Å²) in [6, 6.07) is 1.48. The van der Waals surface area contributed by atoms with Gasteiger partial charge in [-0.05, 0) is 64.5 Å². The van der Waals surface area contributed by atoms with Crippen molar-refractivity contribution in [1.29, 1.82) is 0 Å². The Morgan fingerprint density at radius 2 is 1.90 bits per heavy atom. The molecule has 1 rings (SSSR count). The minimum Gasteiger partial charge on any atom is -0.317 e. The Balaban J connectivity index is 2.62. The number of nitrogens with one attached hydrogen (secondary N) is 1. The van der Waals surface area contributed by atoms with Gasteiger partial charge in [0.25, 0.3) is 0 Å². The molecule has 2 heteroatoms. The summed E-state index contributed by atoms with van der Waals surface area (Å²) < 4.78 is 0. The predicted molar refractivity (Wildman–Crippen MR) is 94.8 cm³/mol. The molecule has 126 valence electrons. The van der Waals surface area contributed by atoms with Crippen molar-refractivity contribution in [3.8, 4) is 0 Å². The molecule has 4 unspecified atom stereocenters. The van der Waals surface area contributed by atoms with Crippen LogP contribution in [0.15, 0.2) is 0 Å². The van der Waals surface area contributed by atoms with E-state index in [9.17, 15) is 0 Å². The van der Waals surface area contributed by atoms with E-state index in [4.69, 9.17) is 0 Å². The monoisotopic (exact) mass is 296 g/mol. The highest BCUT2D eigenvalue weighted by molar-refractivity contribution is 4.86. The molecule has 0 aromatic rings. The van der Waals surface area contributed by atoms with Gasteiger partial charge in [0.15, 0.2) is 0 Å². The second kappa shape index (κ2) is 10.6. The van der Waals surface area contributed by atoms with Crippen molar-refractivity contribution in [3.63, 3.8) is 0 Å². The maximum atomic E-state index is 3.61. The normalized spacial score (nSPS) is 28.0. The van der Waals surface area contributed by atoms with E-state index in [0.717, 1.165) is 23.9 Å². The van der Waals surface area contributed by atoms with Gasteiger partial charge in [-0.2, -0.15) is 0 Å². The van der Waals surface area contributed by atoms with Gasteiger partial charge in [0.05, 0.1) is 0 Å². The molecule has 0 bridgehead atoms. The molecule has 1 N–H and O–H groups in total. The van der Waals surface area contributed by atoms with Crippen molar-refractivity contribution in [3.05, 3.63) is 0 Å². The lowest BCUT2D eigenvalue weighted by Crippen LogP contribution is -2.47. The molecule has 1 fully saturated rings. The largest absolute Gasteiger partial charge is 0.317 e. The molecule has 1 saturated carbocycles. The van der Waals surface area contributed by atoms with Gasteiger partial charge in [0, 0.05) is 18.6 Å². The van der Waals surface area contributed by atoms with Gasteiger partial charge in [-0.15, -0.1) is 0 Å². The maximum absolute atomic E-state index is 3.61. The average Bonchev–Trinajstić information content (AvgIpc) is 2.51. The number of hydrogen-bond donors (Lipinski definition) is 1. The van der Waals surface area contributed by atoms with Crippen LogP contribution in [-0.2, 0) is 0 Å². The van der Waals surface area contributed by atoms with Gasteiger partial charge in [0.2, 0.25) is 0 Å². The van der Waals surface area contributed by atoms with Crippen LogP contribution in [0.1, 0.15) is 79.1 Å². The molecule has 0 aliphatic heterocycles. The van der Waals surface area contributed by atoms with E-state index < -0.39 is 0 Å². The van der Waals surface area contributed by atoms with Crippen molar-refractivity contribution < 1.29 is 0 Å². The van der Waals surface area contributed by atoms with Crippen molar-refractivity contribution >= 4 is 0 Å². The van der Waals surface area contributed by atoms with Crippen LogP contribution in [0.4, 0.5) is 0 Å². The molecule has 21 heavy (non-hydrogen) atoms. The summed E-state index contributed by atoms with van der Waals surface area (Å²) in [4.78, 5) is 2.77. The lowest BCUT2D eigenvalue weighted by Gasteiger charge is -2.40. The van der Waals surface area contributed by atoms with E-state index in [1.165, 1.54) is 64.5 Å². The Morgan fingerprint density at radius 3 is 2.48 bits per heavy atom. The molecule has 0 aromatic carbocycles. The standard InChI is InChI=1S/C19H40N2/c1-6-9-13-21(16(4)8-3)15-18-14-17(10-7-2)11-12-19(18)20-5/h16-20H,6-15H2,1-5H3. The van der Waals surface area contributed by atoms with Crippen LogP contribution in [0.2, 0.25) is 0 Å². The van der Waals surface area contributed by atoms with E-state index >= 15 is 0 Å². The van der Waals surface area contributed by atoms with Gasteiger partial charge in [-0.1, -0.05) is 40.0 Å². The molecular weight excluding hydrogens is 256 g/mol. The summed E-state index contributed by atoms with van der Waals surface area (Å²) in [5.74, 6) is 1.83. The second-order valence-corrected chi connectivity index (χ2v) is 7.23. The minimum atomic E-state index is 0.737. The first kappa shape index (κ1) is 19.0. The molecule has 0 aromatic heterocycles. The first-order valence-corrected chi connectivity index (χ1v) is 9.57. The van der Waals surface area contributed by atoms with Gasteiger partial charge < -0.3 is 10.2 Å². The van der Waals surface area contributed by atoms with Crippen LogP contribution in [0.5, 0.6) is 0 Å². The quantitative estimate of drug-likeness (QED) is 0.629. The fourth-order valence-corrected chi connectivity index (χ4v) is 4.03. The summed E-state index contributed by atoms with van der Waals surface area (Å²) >= 11 is 0. The first-order chi connectivity index (χ1) is 10.2. The number of unbranched alkanes of at least 4 members (excludes halogenated alkanes) is 1. The molecule has 0 radical (unpaired) electrons. The highest BCUT2D eigenvalue weighted by Gasteiger charge is 2.31. The molecular formula is C19H40N2. The summed E-state index contributed by atoms with van der Waals surface area (Å²) in [5, 5.41) is 3.61. The van der Waals surface area contributed by atoms with Gasteiger partial charge in [-0.3, -0.25) is 0 Å². The van der Waals surface area contributed by atoms with E-state index in [-0.39, 0.29) is 0 Å². The SMILES string of the molecule is CCCCN(CC1CC(CCC)CCC1NC)C(C)CC. The first-order valence-electron chi connectivity index (χ1n) is 9.57. The van der Waals surface area contributed by atoms with E-state index in [2.05, 4.69) is 45.0 Å². The Bertz CT molecular complexity index is 254. The summed E-state index contributed by atoms with van der Waals surface area (Å²) in [6.45, 7) is 12.0. The minimum absolute atomic E-state index is 0.737. The van der Waals surface area contributed by atoms with Crippen LogP contribution < -0.4 is 5.32 Å². The smallest absolute Gasteiger partial charge is 0.0105 e. The zero-order valence-corrected chi connectivity index (χ0v) is 15.3. The Kier molecular flexibility index (Phi) is 9.59. The lowest BCUT2D eigenvalue weighted by molar-refractivity contribution is 0.112. The molecule has 4 atom stereocenters. The van der Waals surface area contributed by atoms with Crippen LogP contribution in [-0.4, -0.2) is 37.1 Å². The van der Waals surface area contributed by atoms with Crippen molar-refractivity contribution in [2.24, 2.45) is 11.8 Å². The number of hydrogen-bond acceptors (Lipinski definition) is 2. The van der Waals surface area contributed by atoms with Crippen molar-refractivity contribution in [2.75, 3.05) is 20.1 Å². The average molecular weight is 297 g/mol. The molecule has 1 aliphatic carbocycles. The maximum Gasteiger partial charge on any atom is 0.0105 e. The van der Waals surface area contributed by atoms with Crippen LogP contribution in [0.25, 0.3) is 0 Å². The van der Waals surface area contributed by atoms with E-state index in [0.29, 0.717) is 0 Å². The predicted octanol–water partition coefficient (Wildman–Crippen LogP) is 4.69. The number of nitrogens with zero attached hydrogens (tertiary/aromatic N) is 1. The molecule has 0 saturated heterocycles. The van der Waals surface area contributed by atoms with Crippen molar-refractivity contribution in [1.82, 2.24) is 10.2 Å². The van der Waals surface area contributed by atoms with Gasteiger partial charge in [0.1, 0.15) is 0 Å². The fourth-order valence-electron chi connectivity index (χ4n) is 4.03. The second-order valence-electron chi connectivity index (χ2n) is 7.23. The molecule has 0 heterocycles. The van der Waals surface area contributed by atoms with Crippen molar-refractivity contribution in [2.45, 2.75) is 91.1 Å². The Hall–Kier alpha value is -0.0800. The van der Waals surface area contributed by atoms with Gasteiger partial charge in [-0.25, -0.2) is 0 Å². The highest BCUT2D eigenvalue weighted by Crippen LogP contribution is 2.33. The molecule has 2 nitrogen and oxygen atoms in total. The summed E-state index contributed by atoms with van der Waals surface area (Å²) in [6.07, 6.45) is 11.0. The third-order valence-corrected chi connectivity index (χ3v) is 5.64. The van der Waals surface area contributed by atoms with Crippen LogP contribution in [0, 0.1) is 11.8 Å². The topological polar surface area (TPSA) is 15.3 Å². The molecule has 1 aliphatic rings. The van der Waals surface area contributed by atoms with Gasteiger partial charge >= 0.3 is 0 Å². The van der Waals surface area contributed by atoms with Crippen LogP contribution >= 0.6 is 0 Å². The Labute approximate surface area is 134 Å². The fraction of sp³-hybridized carbons (Fsp3) is 1.00. The lowest BCUT2D eigenvalue weighted by atomic mass is 9.76.